The smallest absolute Gasteiger partial charge is 0.108 e. The molecule has 17 heavy (non-hydrogen) atoms. The molecule has 2 nitrogen and oxygen atoms in total. The van der Waals surface area contributed by atoms with E-state index in [4.69, 9.17) is 4.42 Å². The highest BCUT2D eigenvalue weighted by Crippen LogP contribution is 2.31. The molecule has 1 N–H and O–H groups in total. The van der Waals surface area contributed by atoms with Gasteiger partial charge in [-0.3, -0.25) is 0 Å². The van der Waals surface area contributed by atoms with E-state index in [1.807, 2.05) is 11.3 Å². The second kappa shape index (κ2) is 5.52. The summed E-state index contributed by atoms with van der Waals surface area (Å²) in [6.07, 6.45) is 2.73. The third kappa shape index (κ3) is 2.61. The standard InChI is InChI=1S/C14H19NOS/c1-4-12-11(8-9-16-12)14(15-5-2)13-7-6-10(3)17-13/h6-9,14-15H,4-5H2,1-3H3. The van der Waals surface area contributed by atoms with Crippen molar-refractivity contribution in [3.8, 4) is 0 Å². The first-order valence-corrected chi connectivity index (χ1v) is 6.93. The molecule has 2 rings (SSSR count). The Balaban J connectivity index is 2.35. The van der Waals surface area contributed by atoms with Gasteiger partial charge in [0.25, 0.3) is 0 Å². The number of hydrogen-bond donors (Lipinski definition) is 1. The molecule has 2 aromatic rings. The lowest BCUT2D eigenvalue weighted by Crippen LogP contribution is -2.21. The van der Waals surface area contributed by atoms with Crippen LogP contribution < -0.4 is 5.32 Å². The maximum absolute atomic E-state index is 5.53. The van der Waals surface area contributed by atoms with Crippen molar-refractivity contribution in [3.05, 3.63) is 45.5 Å². The lowest BCUT2D eigenvalue weighted by Gasteiger charge is -2.16. The van der Waals surface area contributed by atoms with Gasteiger partial charge in [0.05, 0.1) is 12.3 Å². The Morgan fingerprint density at radius 1 is 1.29 bits per heavy atom. The van der Waals surface area contributed by atoms with Gasteiger partial charge in [0.15, 0.2) is 0 Å². The van der Waals surface area contributed by atoms with Crippen molar-refractivity contribution in [2.24, 2.45) is 0 Å². The number of nitrogens with one attached hydrogen (secondary N) is 1. The van der Waals surface area contributed by atoms with E-state index in [0.29, 0.717) is 0 Å². The first-order valence-electron chi connectivity index (χ1n) is 6.12. The van der Waals surface area contributed by atoms with Crippen molar-refractivity contribution in [3.63, 3.8) is 0 Å². The first kappa shape index (κ1) is 12.4. The normalized spacial score (nSPS) is 12.9. The molecule has 0 saturated carbocycles. The molecular formula is C14H19NOS. The van der Waals surface area contributed by atoms with Crippen LogP contribution in [-0.2, 0) is 6.42 Å². The minimum atomic E-state index is 0.271. The third-order valence-corrected chi connectivity index (χ3v) is 3.93. The van der Waals surface area contributed by atoms with Gasteiger partial charge >= 0.3 is 0 Å². The summed E-state index contributed by atoms with van der Waals surface area (Å²) in [6.45, 7) is 7.37. The van der Waals surface area contributed by atoms with E-state index in [-0.39, 0.29) is 6.04 Å². The largest absolute Gasteiger partial charge is 0.469 e. The summed E-state index contributed by atoms with van der Waals surface area (Å²) in [7, 11) is 0. The van der Waals surface area contributed by atoms with Crippen LogP contribution in [0.4, 0.5) is 0 Å². The van der Waals surface area contributed by atoms with E-state index in [2.05, 4.69) is 44.3 Å². The van der Waals surface area contributed by atoms with Crippen molar-refractivity contribution in [1.82, 2.24) is 5.32 Å². The van der Waals surface area contributed by atoms with Gasteiger partial charge in [-0.2, -0.15) is 0 Å². The number of thiophene rings is 1. The van der Waals surface area contributed by atoms with Crippen molar-refractivity contribution in [2.45, 2.75) is 33.2 Å². The summed E-state index contributed by atoms with van der Waals surface area (Å²) in [6, 6.07) is 6.74. The molecule has 0 aliphatic carbocycles. The van der Waals surface area contributed by atoms with Gasteiger partial charge in [-0.15, -0.1) is 11.3 Å². The van der Waals surface area contributed by atoms with Crippen LogP contribution in [0.1, 0.15) is 41.0 Å². The molecule has 0 fully saturated rings. The van der Waals surface area contributed by atoms with E-state index in [1.165, 1.54) is 15.3 Å². The number of rotatable bonds is 5. The number of furan rings is 1. The van der Waals surface area contributed by atoms with Crippen LogP contribution in [0.25, 0.3) is 0 Å². The van der Waals surface area contributed by atoms with Crippen LogP contribution in [0.2, 0.25) is 0 Å². The molecule has 0 radical (unpaired) electrons. The minimum absolute atomic E-state index is 0.271. The van der Waals surface area contributed by atoms with Crippen LogP contribution >= 0.6 is 11.3 Å². The Kier molecular flexibility index (Phi) is 4.02. The highest BCUT2D eigenvalue weighted by Gasteiger charge is 2.19. The van der Waals surface area contributed by atoms with Crippen LogP contribution in [0.3, 0.4) is 0 Å². The number of hydrogen-bond acceptors (Lipinski definition) is 3. The van der Waals surface area contributed by atoms with Gasteiger partial charge in [-0.25, -0.2) is 0 Å². The fourth-order valence-electron chi connectivity index (χ4n) is 2.07. The minimum Gasteiger partial charge on any atom is -0.469 e. The van der Waals surface area contributed by atoms with E-state index in [0.717, 1.165) is 18.7 Å². The lowest BCUT2D eigenvalue weighted by molar-refractivity contribution is 0.503. The molecular weight excluding hydrogens is 230 g/mol. The van der Waals surface area contributed by atoms with Crippen molar-refractivity contribution in [1.29, 1.82) is 0 Å². The van der Waals surface area contributed by atoms with Crippen LogP contribution in [0.15, 0.2) is 28.9 Å². The van der Waals surface area contributed by atoms with Gasteiger partial charge in [-0.05, 0) is 31.7 Å². The summed E-state index contributed by atoms with van der Waals surface area (Å²) in [4.78, 5) is 2.71. The average Bonchev–Trinajstić information content (AvgIpc) is 2.94. The molecule has 1 unspecified atom stereocenters. The van der Waals surface area contributed by atoms with Crippen molar-refractivity contribution < 1.29 is 4.42 Å². The highest BCUT2D eigenvalue weighted by molar-refractivity contribution is 7.12. The first-order chi connectivity index (χ1) is 8.26. The Labute approximate surface area is 107 Å². The molecule has 0 saturated heterocycles. The molecule has 0 amide bonds. The third-order valence-electron chi connectivity index (χ3n) is 2.87. The molecule has 0 aromatic carbocycles. The molecule has 1 atom stereocenters. The van der Waals surface area contributed by atoms with E-state index in [9.17, 15) is 0 Å². The van der Waals surface area contributed by atoms with E-state index < -0.39 is 0 Å². The summed E-state index contributed by atoms with van der Waals surface area (Å²) < 4.78 is 5.53. The summed E-state index contributed by atoms with van der Waals surface area (Å²) in [5, 5.41) is 3.54. The predicted molar refractivity (Wildman–Crippen MR) is 72.7 cm³/mol. The van der Waals surface area contributed by atoms with Crippen LogP contribution in [-0.4, -0.2) is 6.54 Å². The Morgan fingerprint density at radius 2 is 2.12 bits per heavy atom. The fourth-order valence-corrected chi connectivity index (χ4v) is 3.04. The zero-order valence-electron chi connectivity index (χ0n) is 10.6. The maximum Gasteiger partial charge on any atom is 0.108 e. The molecule has 2 aromatic heterocycles. The second-order valence-corrected chi connectivity index (χ2v) is 5.41. The Morgan fingerprint density at radius 3 is 2.71 bits per heavy atom. The van der Waals surface area contributed by atoms with Gasteiger partial charge in [-0.1, -0.05) is 13.8 Å². The quantitative estimate of drug-likeness (QED) is 0.869. The van der Waals surface area contributed by atoms with Crippen molar-refractivity contribution in [2.75, 3.05) is 6.54 Å². The van der Waals surface area contributed by atoms with E-state index >= 15 is 0 Å². The van der Waals surface area contributed by atoms with Gasteiger partial charge < -0.3 is 9.73 Å². The number of aryl methyl sites for hydroxylation is 2. The highest BCUT2D eigenvalue weighted by atomic mass is 32.1. The zero-order valence-corrected chi connectivity index (χ0v) is 11.4. The molecule has 2 heterocycles. The molecule has 0 bridgehead atoms. The molecule has 3 heteroatoms. The van der Waals surface area contributed by atoms with Crippen molar-refractivity contribution >= 4 is 11.3 Å². The predicted octanol–water partition coefficient (Wildman–Crippen LogP) is 3.91. The lowest BCUT2D eigenvalue weighted by atomic mass is 10.0. The van der Waals surface area contributed by atoms with Crippen LogP contribution in [0.5, 0.6) is 0 Å². The van der Waals surface area contributed by atoms with Gasteiger partial charge in [0.2, 0.25) is 0 Å². The topological polar surface area (TPSA) is 25.2 Å². The van der Waals surface area contributed by atoms with Crippen LogP contribution in [0, 0.1) is 6.92 Å². The van der Waals surface area contributed by atoms with Gasteiger partial charge in [0, 0.05) is 21.7 Å². The summed E-state index contributed by atoms with van der Waals surface area (Å²) >= 11 is 1.85. The monoisotopic (exact) mass is 249 g/mol. The fraction of sp³-hybridized carbons (Fsp3) is 0.429. The van der Waals surface area contributed by atoms with E-state index in [1.54, 1.807) is 6.26 Å². The molecule has 0 spiro atoms. The second-order valence-electron chi connectivity index (χ2n) is 4.09. The maximum atomic E-state index is 5.53. The summed E-state index contributed by atoms with van der Waals surface area (Å²) in [5.41, 5.74) is 1.27. The molecule has 0 aliphatic rings. The Bertz CT molecular complexity index is 472. The molecule has 0 aliphatic heterocycles. The SMILES string of the molecule is CCNC(c1ccc(C)s1)c1ccoc1CC. The van der Waals surface area contributed by atoms with Gasteiger partial charge in [0.1, 0.15) is 5.76 Å². The molecule has 92 valence electrons. The zero-order chi connectivity index (χ0) is 12.3. The average molecular weight is 249 g/mol. The summed E-state index contributed by atoms with van der Waals surface area (Å²) in [5.74, 6) is 1.09. The Hall–Kier alpha value is -1.06.